The SMILES string of the molecule is CCOC(=O)/C=C/C(=O)OCC(=O)Nc1cc(C)ccc1OC. The average Bonchev–Trinajstić information content (AvgIpc) is 2.51. The molecule has 0 spiro atoms. The standard InChI is InChI=1S/C16H19NO6/c1-4-22-15(19)7-8-16(20)23-10-14(18)17-12-9-11(2)5-6-13(12)21-3/h5-9H,4,10H2,1-3H3,(H,17,18)/b8-7+. The van der Waals surface area contributed by atoms with Crippen LogP contribution in [-0.4, -0.2) is 38.2 Å². The van der Waals surface area contributed by atoms with Gasteiger partial charge in [-0.2, -0.15) is 0 Å². The number of methoxy groups -OCH3 is 1. The number of carbonyl (C=O) groups is 3. The fourth-order valence-electron chi connectivity index (χ4n) is 1.62. The van der Waals surface area contributed by atoms with Crippen molar-refractivity contribution in [3.05, 3.63) is 35.9 Å². The minimum atomic E-state index is -0.815. The fourth-order valence-corrected chi connectivity index (χ4v) is 1.62. The van der Waals surface area contributed by atoms with E-state index in [1.54, 1.807) is 19.1 Å². The Morgan fingerprint density at radius 1 is 1.13 bits per heavy atom. The number of rotatable bonds is 7. The van der Waals surface area contributed by atoms with Crippen LogP contribution < -0.4 is 10.1 Å². The molecule has 0 unspecified atom stereocenters. The van der Waals surface area contributed by atoms with Crippen LogP contribution in [0.1, 0.15) is 12.5 Å². The minimum absolute atomic E-state index is 0.207. The molecule has 0 fully saturated rings. The number of hydrogen-bond acceptors (Lipinski definition) is 6. The molecule has 0 aliphatic rings. The van der Waals surface area contributed by atoms with Gasteiger partial charge in [0.25, 0.3) is 5.91 Å². The van der Waals surface area contributed by atoms with Crippen LogP contribution >= 0.6 is 0 Å². The third-order valence-electron chi connectivity index (χ3n) is 2.62. The van der Waals surface area contributed by atoms with Crippen LogP contribution in [0.2, 0.25) is 0 Å². The Labute approximate surface area is 134 Å². The topological polar surface area (TPSA) is 90.9 Å². The number of hydrogen-bond donors (Lipinski definition) is 1. The lowest BCUT2D eigenvalue weighted by atomic mass is 10.2. The molecule has 7 heteroatoms. The lowest BCUT2D eigenvalue weighted by Crippen LogP contribution is -2.20. The monoisotopic (exact) mass is 321 g/mol. The van der Waals surface area contributed by atoms with Crippen LogP contribution in [0, 0.1) is 6.92 Å². The summed E-state index contributed by atoms with van der Waals surface area (Å²) in [6.07, 6.45) is 1.84. The van der Waals surface area contributed by atoms with Crippen molar-refractivity contribution in [3.8, 4) is 5.75 Å². The van der Waals surface area contributed by atoms with Crippen molar-refractivity contribution < 1.29 is 28.6 Å². The van der Waals surface area contributed by atoms with Crippen LogP contribution in [0.5, 0.6) is 5.75 Å². The first-order valence-corrected chi connectivity index (χ1v) is 6.92. The van der Waals surface area contributed by atoms with Gasteiger partial charge < -0.3 is 19.5 Å². The van der Waals surface area contributed by atoms with Gasteiger partial charge in [0.15, 0.2) is 6.61 Å². The summed E-state index contributed by atoms with van der Waals surface area (Å²) >= 11 is 0. The molecule has 124 valence electrons. The highest BCUT2D eigenvalue weighted by atomic mass is 16.5. The molecular formula is C16H19NO6. The van der Waals surface area contributed by atoms with Crippen LogP contribution in [0.15, 0.2) is 30.4 Å². The fraction of sp³-hybridized carbons (Fsp3) is 0.312. The molecule has 1 rings (SSSR count). The highest BCUT2D eigenvalue weighted by Gasteiger charge is 2.10. The third kappa shape index (κ3) is 6.64. The molecule has 1 aromatic carbocycles. The summed E-state index contributed by atoms with van der Waals surface area (Å²) in [5.74, 6) is -1.49. The Bertz CT molecular complexity index is 609. The van der Waals surface area contributed by atoms with E-state index in [1.165, 1.54) is 7.11 Å². The molecule has 0 heterocycles. The van der Waals surface area contributed by atoms with Crippen molar-refractivity contribution in [1.29, 1.82) is 0 Å². The third-order valence-corrected chi connectivity index (χ3v) is 2.62. The maximum atomic E-state index is 11.8. The van der Waals surface area contributed by atoms with E-state index in [2.05, 4.69) is 10.1 Å². The summed E-state index contributed by atoms with van der Waals surface area (Å²) in [5.41, 5.74) is 1.42. The summed E-state index contributed by atoms with van der Waals surface area (Å²) in [4.78, 5) is 34.2. The predicted octanol–water partition coefficient (Wildman–Crippen LogP) is 1.60. The second-order valence-electron chi connectivity index (χ2n) is 4.45. The number of nitrogens with one attached hydrogen (secondary N) is 1. The quantitative estimate of drug-likeness (QED) is 0.606. The highest BCUT2D eigenvalue weighted by Crippen LogP contribution is 2.24. The summed E-state index contributed by atoms with van der Waals surface area (Å²) in [7, 11) is 1.49. The Morgan fingerprint density at radius 3 is 2.39 bits per heavy atom. The molecule has 7 nitrogen and oxygen atoms in total. The summed E-state index contributed by atoms with van der Waals surface area (Å²) in [6, 6.07) is 5.30. The number of carbonyl (C=O) groups excluding carboxylic acids is 3. The molecule has 0 aromatic heterocycles. The zero-order chi connectivity index (χ0) is 17.2. The summed E-state index contributed by atoms with van der Waals surface area (Å²) in [5, 5.41) is 2.59. The number of ether oxygens (including phenoxy) is 3. The summed E-state index contributed by atoms with van der Waals surface area (Å²) < 4.78 is 14.5. The van der Waals surface area contributed by atoms with Gasteiger partial charge in [-0.25, -0.2) is 9.59 Å². The minimum Gasteiger partial charge on any atom is -0.495 e. The van der Waals surface area contributed by atoms with Gasteiger partial charge >= 0.3 is 11.9 Å². The molecule has 1 aromatic rings. The van der Waals surface area contributed by atoms with Crippen LogP contribution in [0.25, 0.3) is 0 Å². The molecule has 1 N–H and O–H groups in total. The van der Waals surface area contributed by atoms with Gasteiger partial charge in [-0.05, 0) is 31.5 Å². The summed E-state index contributed by atoms with van der Waals surface area (Å²) in [6.45, 7) is 3.24. The number of benzene rings is 1. The first-order chi connectivity index (χ1) is 11.0. The number of amides is 1. The Balaban J connectivity index is 2.50. The first kappa shape index (κ1) is 18.2. The molecule has 23 heavy (non-hydrogen) atoms. The van der Waals surface area contributed by atoms with Crippen LogP contribution in [0.4, 0.5) is 5.69 Å². The van der Waals surface area contributed by atoms with E-state index in [-0.39, 0.29) is 6.61 Å². The van der Waals surface area contributed by atoms with E-state index in [0.717, 1.165) is 17.7 Å². The van der Waals surface area contributed by atoms with Crippen molar-refractivity contribution in [2.24, 2.45) is 0 Å². The maximum Gasteiger partial charge on any atom is 0.331 e. The average molecular weight is 321 g/mol. The molecule has 0 aliphatic heterocycles. The van der Waals surface area contributed by atoms with E-state index in [1.807, 2.05) is 13.0 Å². The molecule has 0 saturated carbocycles. The Kier molecular flexibility index (Phi) is 7.32. The predicted molar refractivity (Wildman–Crippen MR) is 83.1 cm³/mol. The first-order valence-electron chi connectivity index (χ1n) is 6.92. The van der Waals surface area contributed by atoms with Crippen molar-refractivity contribution >= 4 is 23.5 Å². The molecule has 1 amide bonds. The van der Waals surface area contributed by atoms with Gasteiger partial charge in [0.2, 0.25) is 0 Å². The second-order valence-corrected chi connectivity index (χ2v) is 4.45. The Hall–Kier alpha value is -2.83. The zero-order valence-electron chi connectivity index (χ0n) is 13.3. The van der Waals surface area contributed by atoms with E-state index in [4.69, 9.17) is 9.47 Å². The molecule has 0 aliphatic carbocycles. The Morgan fingerprint density at radius 2 is 1.78 bits per heavy atom. The van der Waals surface area contributed by atoms with Gasteiger partial charge in [0.1, 0.15) is 5.75 Å². The van der Waals surface area contributed by atoms with E-state index in [0.29, 0.717) is 11.4 Å². The molecule has 0 bridgehead atoms. The van der Waals surface area contributed by atoms with Gasteiger partial charge in [0, 0.05) is 12.2 Å². The van der Waals surface area contributed by atoms with Crippen LogP contribution in [0.3, 0.4) is 0 Å². The van der Waals surface area contributed by atoms with Crippen molar-refractivity contribution in [1.82, 2.24) is 0 Å². The van der Waals surface area contributed by atoms with Gasteiger partial charge in [-0.15, -0.1) is 0 Å². The largest absolute Gasteiger partial charge is 0.495 e. The lowest BCUT2D eigenvalue weighted by Gasteiger charge is -2.10. The normalized spacial score (nSPS) is 10.2. The van der Waals surface area contributed by atoms with Crippen LogP contribution in [-0.2, 0) is 23.9 Å². The van der Waals surface area contributed by atoms with Crippen molar-refractivity contribution in [3.63, 3.8) is 0 Å². The van der Waals surface area contributed by atoms with Gasteiger partial charge in [-0.3, -0.25) is 4.79 Å². The molecular weight excluding hydrogens is 302 g/mol. The van der Waals surface area contributed by atoms with Gasteiger partial charge in [-0.1, -0.05) is 6.07 Å². The number of esters is 2. The highest BCUT2D eigenvalue weighted by molar-refractivity contribution is 5.96. The molecule has 0 saturated heterocycles. The molecule has 0 atom stereocenters. The number of anilines is 1. The van der Waals surface area contributed by atoms with E-state index in [9.17, 15) is 14.4 Å². The number of aryl methyl sites for hydroxylation is 1. The smallest absolute Gasteiger partial charge is 0.331 e. The van der Waals surface area contributed by atoms with E-state index >= 15 is 0 Å². The second kappa shape index (κ2) is 9.24. The van der Waals surface area contributed by atoms with Crippen molar-refractivity contribution in [2.75, 3.05) is 25.6 Å². The van der Waals surface area contributed by atoms with Gasteiger partial charge in [0.05, 0.1) is 19.4 Å². The van der Waals surface area contributed by atoms with E-state index < -0.39 is 24.5 Å². The lowest BCUT2D eigenvalue weighted by molar-refractivity contribution is -0.143. The van der Waals surface area contributed by atoms with Crippen molar-refractivity contribution in [2.45, 2.75) is 13.8 Å². The zero-order valence-corrected chi connectivity index (χ0v) is 13.3. The maximum absolute atomic E-state index is 11.8. The molecule has 0 radical (unpaired) electrons.